The van der Waals surface area contributed by atoms with Gasteiger partial charge in [0.25, 0.3) is 11.8 Å². The van der Waals surface area contributed by atoms with Gasteiger partial charge in [-0.1, -0.05) is 12.1 Å². The quantitative estimate of drug-likeness (QED) is 0.719. The van der Waals surface area contributed by atoms with Gasteiger partial charge in [0.1, 0.15) is 6.10 Å². The summed E-state index contributed by atoms with van der Waals surface area (Å²) in [5, 5.41) is 0. The van der Waals surface area contributed by atoms with Crippen LogP contribution in [0.1, 0.15) is 20.7 Å². The summed E-state index contributed by atoms with van der Waals surface area (Å²) in [4.78, 5) is 25.1. The largest absolute Gasteiger partial charge is 0.305 e. The van der Waals surface area contributed by atoms with E-state index in [-0.39, 0.29) is 25.0 Å². The Morgan fingerprint density at radius 2 is 1.83 bits per heavy atom. The third-order valence-corrected chi connectivity index (χ3v) is 3.59. The molecule has 2 heterocycles. The van der Waals surface area contributed by atoms with Crippen LogP contribution < -0.4 is 0 Å². The van der Waals surface area contributed by atoms with Crippen molar-refractivity contribution in [1.82, 2.24) is 4.90 Å². The summed E-state index contributed by atoms with van der Waals surface area (Å²) in [6, 6.07) is 6.63. The Kier molecular flexibility index (Phi) is 2.73. The lowest BCUT2D eigenvalue weighted by Crippen LogP contribution is -2.37. The zero-order chi connectivity index (χ0) is 12.7. The van der Waals surface area contributed by atoms with Crippen molar-refractivity contribution < 1.29 is 22.2 Å². The van der Waals surface area contributed by atoms with Gasteiger partial charge in [0.15, 0.2) is 0 Å². The van der Waals surface area contributed by atoms with Crippen LogP contribution in [0.4, 0.5) is 0 Å². The van der Waals surface area contributed by atoms with E-state index in [0.29, 0.717) is 11.1 Å². The number of nitrogens with zero attached hydrogens (tertiary/aromatic N) is 1. The first kappa shape index (κ1) is 11.5. The zero-order valence-electron chi connectivity index (χ0n) is 9.20. The zero-order valence-corrected chi connectivity index (χ0v) is 10.0. The van der Waals surface area contributed by atoms with Crippen LogP contribution in [0.25, 0.3) is 0 Å². The fraction of sp³-hybridized carbons (Fsp3) is 0.273. The molecule has 0 aliphatic carbocycles. The molecule has 1 fully saturated rings. The minimum Gasteiger partial charge on any atom is -0.272 e. The summed E-state index contributed by atoms with van der Waals surface area (Å²) in [5.74, 6) is -0.700. The van der Waals surface area contributed by atoms with Crippen molar-refractivity contribution in [3.05, 3.63) is 35.4 Å². The number of carbonyl (C=O) groups excluding carboxylic acids is 2. The van der Waals surface area contributed by atoms with Gasteiger partial charge in [0.2, 0.25) is 0 Å². The summed E-state index contributed by atoms with van der Waals surface area (Å²) in [5.41, 5.74) is 0.782. The highest BCUT2D eigenvalue weighted by Gasteiger charge is 2.38. The molecule has 7 heteroatoms. The average Bonchev–Trinajstić information content (AvgIpc) is 2.88. The van der Waals surface area contributed by atoms with Gasteiger partial charge >= 0.3 is 11.4 Å². The molecule has 0 aromatic heterocycles. The maximum atomic E-state index is 12.0. The van der Waals surface area contributed by atoms with Crippen LogP contribution >= 0.6 is 0 Å². The van der Waals surface area contributed by atoms with Gasteiger partial charge in [0, 0.05) is 0 Å². The molecule has 2 amide bonds. The third-order valence-electron chi connectivity index (χ3n) is 2.83. The monoisotopic (exact) mass is 267 g/mol. The topological polar surface area (TPSA) is 72.9 Å². The fourth-order valence-electron chi connectivity index (χ4n) is 1.99. The van der Waals surface area contributed by atoms with E-state index in [2.05, 4.69) is 0 Å². The van der Waals surface area contributed by atoms with Crippen LogP contribution in [-0.2, 0) is 19.7 Å². The van der Waals surface area contributed by atoms with Gasteiger partial charge in [-0.15, -0.1) is 0 Å². The fourth-order valence-corrected chi connectivity index (χ4v) is 2.65. The summed E-state index contributed by atoms with van der Waals surface area (Å²) in [7, 11) is 0. The van der Waals surface area contributed by atoms with Crippen LogP contribution in [0.5, 0.6) is 0 Å². The Labute approximate surface area is 105 Å². The first-order valence-electron chi connectivity index (χ1n) is 5.34. The highest BCUT2D eigenvalue weighted by atomic mass is 32.2. The van der Waals surface area contributed by atoms with Gasteiger partial charge in [-0.2, -0.15) is 4.21 Å². The van der Waals surface area contributed by atoms with Crippen molar-refractivity contribution >= 4 is 23.2 Å². The molecule has 94 valence electrons. The Hall–Kier alpha value is -1.57. The smallest absolute Gasteiger partial charge is 0.272 e. The molecule has 1 unspecified atom stereocenters. The third kappa shape index (κ3) is 1.76. The van der Waals surface area contributed by atoms with Crippen LogP contribution in [0.3, 0.4) is 0 Å². The second-order valence-corrected chi connectivity index (χ2v) is 4.81. The molecule has 2 aliphatic heterocycles. The number of fused-ring (bicyclic) bond motifs is 1. The van der Waals surface area contributed by atoms with E-state index < -0.39 is 17.5 Å². The highest BCUT2D eigenvalue weighted by molar-refractivity contribution is 7.75. The lowest BCUT2D eigenvalue weighted by atomic mass is 10.1. The maximum absolute atomic E-state index is 12.0. The van der Waals surface area contributed by atoms with Crippen molar-refractivity contribution in [3.8, 4) is 0 Å². The SMILES string of the molecule is O=C1c2ccccc2C(=O)N1CC1CO[S@@](=O)O1. The number of benzene rings is 1. The number of carbonyl (C=O) groups is 2. The minimum absolute atomic E-state index is 0.0537. The second kappa shape index (κ2) is 4.27. The standard InChI is InChI=1S/C11H9NO5S/c13-10-8-3-1-2-4-9(8)11(14)12(10)5-7-6-16-18(15)17-7/h1-4,7H,5-6H2/t7?,18-/m1/s1. The lowest BCUT2D eigenvalue weighted by molar-refractivity contribution is 0.0589. The van der Waals surface area contributed by atoms with Crippen molar-refractivity contribution in [2.75, 3.05) is 13.2 Å². The van der Waals surface area contributed by atoms with Crippen LogP contribution in [0.2, 0.25) is 0 Å². The van der Waals surface area contributed by atoms with Crippen LogP contribution in [0, 0.1) is 0 Å². The van der Waals surface area contributed by atoms with Gasteiger partial charge in [-0.25, -0.2) is 0 Å². The highest BCUT2D eigenvalue weighted by Crippen LogP contribution is 2.23. The average molecular weight is 267 g/mol. The molecule has 18 heavy (non-hydrogen) atoms. The van der Waals surface area contributed by atoms with E-state index in [1.54, 1.807) is 24.3 Å². The molecule has 2 atom stereocenters. The van der Waals surface area contributed by atoms with Gasteiger partial charge in [0.05, 0.1) is 24.3 Å². The van der Waals surface area contributed by atoms with E-state index in [0.717, 1.165) is 4.90 Å². The van der Waals surface area contributed by atoms with Gasteiger partial charge < -0.3 is 0 Å². The van der Waals surface area contributed by atoms with Crippen LogP contribution in [0.15, 0.2) is 24.3 Å². The lowest BCUT2D eigenvalue weighted by Gasteiger charge is -2.15. The Morgan fingerprint density at radius 3 is 2.33 bits per heavy atom. The number of imide groups is 1. The predicted molar refractivity (Wildman–Crippen MR) is 60.8 cm³/mol. The molecule has 0 saturated carbocycles. The molecule has 1 aromatic rings. The number of rotatable bonds is 2. The van der Waals surface area contributed by atoms with Gasteiger partial charge in [-0.05, 0) is 12.1 Å². The molecule has 0 bridgehead atoms. The van der Waals surface area contributed by atoms with E-state index >= 15 is 0 Å². The number of amides is 2. The molecular weight excluding hydrogens is 258 g/mol. The Bertz CT molecular complexity index is 523. The summed E-state index contributed by atoms with van der Waals surface area (Å²) >= 11 is -1.77. The molecule has 2 aliphatic rings. The predicted octanol–water partition coefficient (Wildman–Crippen LogP) is 0.277. The molecule has 1 saturated heterocycles. The van der Waals surface area contributed by atoms with Crippen molar-refractivity contribution in [3.63, 3.8) is 0 Å². The first-order chi connectivity index (χ1) is 8.66. The summed E-state index contributed by atoms with van der Waals surface area (Å²) < 4.78 is 20.5. The molecule has 0 radical (unpaired) electrons. The number of hydrogen-bond acceptors (Lipinski definition) is 5. The van der Waals surface area contributed by atoms with E-state index in [1.165, 1.54) is 0 Å². The maximum Gasteiger partial charge on any atom is 0.305 e. The van der Waals surface area contributed by atoms with E-state index in [4.69, 9.17) is 8.37 Å². The number of hydrogen-bond donors (Lipinski definition) is 0. The molecule has 6 nitrogen and oxygen atoms in total. The summed E-state index contributed by atoms with van der Waals surface area (Å²) in [6.45, 7) is 0.165. The van der Waals surface area contributed by atoms with Crippen LogP contribution in [-0.4, -0.2) is 40.2 Å². The molecule has 0 N–H and O–H groups in total. The Morgan fingerprint density at radius 1 is 1.22 bits per heavy atom. The van der Waals surface area contributed by atoms with Gasteiger partial charge in [-0.3, -0.25) is 22.9 Å². The minimum atomic E-state index is -1.77. The first-order valence-corrected chi connectivity index (χ1v) is 6.34. The summed E-state index contributed by atoms with van der Waals surface area (Å²) in [6.07, 6.45) is -0.534. The van der Waals surface area contributed by atoms with E-state index in [1.807, 2.05) is 0 Å². The molecule has 0 spiro atoms. The van der Waals surface area contributed by atoms with E-state index in [9.17, 15) is 13.8 Å². The normalized spacial score (nSPS) is 26.8. The molecule has 1 aromatic carbocycles. The Balaban J connectivity index is 1.82. The van der Waals surface area contributed by atoms with Crippen molar-refractivity contribution in [1.29, 1.82) is 0 Å². The molecular formula is C11H9NO5S. The molecule has 3 rings (SSSR count). The van der Waals surface area contributed by atoms with Crippen molar-refractivity contribution in [2.24, 2.45) is 0 Å². The second-order valence-electron chi connectivity index (χ2n) is 3.97. The van der Waals surface area contributed by atoms with Crippen molar-refractivity contribution in [2.45, 2.75) is 6.10 Å².